The maximum absolute atomic E-state index is 12.1. The molecule has 0 saturated heterocycles. The van der Waals surface area contributed by atoms with E-state index in [4.69, 9.17) is 10.5 Å². The molecule has 1 aromatic carbocycles. The van der Waals surface area contributed by atoms with Crippen LogP contribution in [0.4, 0.5) is 16.4 Å². The van der Waals surface area contributed by atoms with Crippen LogP contribution in [0.5, 0.6) is 0 Å². The highest BCUT2D eigenvalue weighted by Crippen LogP contribution is 2.34. The number of nitrogens with two attached hydrogens (primary N) is 1. The van der Waals surface area contributed by atoms with Gasteiger partial charge in [0, 0.05) is 9.77 Å². The van der Waals surface area contributed by atoms with Gasteiger partial charge in [0.05, 0.1) is 23.5 Å². The zero-order valence-electron chi connectivity index (χ0n) is 12.9. The predicted octanol–water partition coefficient (Wildman–Crippen LogP) is 4.53. The third-order valence-electron chi connectivity index (χ3n) is 3.13. The number of esters is 1. The molecular weight excluding hydrogens is 316 g/mol. The minimum Gasteiger partial charge on any atom is -0.462 e. The number of thioether (sulfide) groups is 1. The maximum atomic E-state index is 12.1. The predicted molar refractivity (Wildman–Crippen MR) is 95.6 cm³/mol. The first kappa shape index (κ1) is 16.7. The minimum atomic E-state index is -0.305. The van der Waals surface area contributed by atoms with Crippen molar-refractivity contribution in [2.45, 2.75) is 25.2 Å². The summed E-state index contributed by atoms with van der Waals surface area (Å²) in [4.78, 5) is 14.3. The monoisotopic (exact) mass is 336 g/mol. The summed E-state index contributed by atoms with van der Waals surface area (Å²) in [7, 11) is 0. The topological polar surface area (TPSA) is 64.3 Å². The van der Waals surface area contributed by atoms with Gasteiger partial charge in [-0.2, -0.15) is 0 Å². The summed E-state index contributed by atoms with van der Waals surface area (Å²) in [6, 6.07) is 7.74. The number of rotatable bonds is 6. The largest absolute Gasteiger partial charge is 0.462 e. The molecule has 0 fully saturated rings. The average Bonchev–Trinajstić information content (AvgIpc) is 2.92. The summed E-state index contributed by atoms with van der Waals surface area (Å²) in [6.07, 6.45) is 2.88. The van der Waals surface area contributed by atoms with Crippen molar-refractivity contribution in [3.63, 3.8) is 0 Å². The third-order valence-corrected chi connectivity index (χ3v) is 5.05. The van der Waals surface area contributed by atoms with E-state index >= 15 is 0 Å². The van der Waals surface area contributed by atoms with Gasteiger partial charge in [0.15, 0.2) is 0 Å². The first-order valence-corrected chi connectivity index (χ1v) is 9.13. The molecule has 3 N–H and O–H groups in total. The number of aryl methyl sites for hydroxylation is 1. The number of hydrogen-bond acceptors (Lipinski definition) is 6. The van der Waals surface area contributed by atoms with Crippen LogP contribution in [0.2, 0.25) is 0 Å². The quantitative estimate of drug-likeness (QED) is 0.461. The van der Waals surface area contributed by atoms with E-state index in [2.05, 4.69) is 12.2 Å². The first-order valence-electron chi connectivity index (χ1n) is 7.09. The van der Waals surface area contributed by atoms with E-state index in [1.54, 1.807) is 30.0 Å². The van der Waals surface area contributed by atoms with Crippen LogP contribution in [0.1, 0.15) is 29.1 Å². The highest BCUT2D eigenvalue weighted by Gasteiger charge is 2.17. The molecule has 6 heteroatoms. The standard InChI is InChI=1S/C16H20N2O2S2/c1-4-10-8-12(16(19)20-5-2)15(22-10)18-14-7-6-11(21-3)9-13(14)17/h6-9,18H,4-5,17H2,1-3H3. The molecule has 0 aliphatic carbocycles. The van der Waals surface area contributed by atoms with Crippen LogP contribution >= 0.6 is 23.1 Å². The highest BCUT2D eigenvalue weighted by molar-refractivity contribution is 7.98. The summed E-state index contributed by atoms with van der Waals surface area (Å²) in [5, 5.41) is 4.05. The number of ether oxygens (including phenoxy) is 1. The van der Waals surface area contributed by atoms with Gasteiger partial charge in [-0.15, -0.1) is 23.1 Å². The number of carbonyl (C=O) groups excluding carboxylic acids is 1. The Hall–Kier alpha value is -1.66. The lowest BCUT2D eigenvalue weighted by atomic mass is 10.2. The molecule has 0 radical (unpaired) electrons. The SMILES string of the molecule is CCOC(=O)c1cc(CC)sc1Nc1ccc(SC)cc1N. The van der Waals surface area contributed by atoms with Gasteiger partial charge in [-0.25, -0.2) is 4.79 Å². The highest BCUT2D eigenvalue weighted by atomic mass is 32.2. The number of carbonyl (C=O) groups is 1. The Balaban J connectivity index is 2.32. The Labute approximate surface area is 139 Å². The summed E-state index contributed by atoms with van der Waals surface area (Å²) in [6.45, 7) is 4.23. The molecule has 0 unspecified atom stereocenters. The minimum absolute atomic E-state index is 0.305. The average molecular weight is 336 g/mol. The van der Waals surface area contributed by atoms with Gasteiger partial charge in [0.25, 0.3) is 0 Å². The Kier molecular flexibility index (Phi) is 5.74. The smallest absolute Gasteiger partial charge is 0.341 e. The number of nitrogen functional groups attached to an aromatic ring is 1. The summed E-state index contributed by atoms with van der Waals surface area (Å²) >= 11 is 3.20. The number of anilines is 3. The van der Waals surface area contributed by atoms with Gasteiger partial charge in [0.2, 0.25) is 0 Å². The van der Waals surface area contributed by atoms with E-state index in [0.29, 0.717) is 17.9 Å². The molecule has 22 heavy (non-hydrogen) atoms. The Bertz CT molecular complexity index is 668. The van der Waals surface area contributed by atoms with Crippen molar-refractivity contribution < 1.29 is 9.53 Å². The van der Waals surface area contributed by atoms with Crippen molar-refractivity contribution >= 4 is 45.4 Å². The zero-order chi connectivity index (χ0) is 16.1. The molecular formula is C16H20N2O2S2. The number of thiophene rings is 1. The number of hydrogen-bond donors (Lipinski definition) is 2. The van der Waals surface area contributed by atoms with Crippen molar-refractivity contribution in [3.05, 3.63) is 34.7 Å². The first-order chi connectivity index (χ1) is 10.6. The van der Waals surface area contributed by atoms with Crippen LogP contribution in [0.15, 0.2) is 29.2 Å². The normalized spacial score (nSPS) is 10.5. The molecule has 0 amide bonds. The molecule has 4 nitrogen and oxygen atoms in total. The fourth-order valence-electron chi connectivity index (χ4n) is 1.97. The van der Waals surface area contributed by atoms with Gasteiger partial charge in [-0.3, -0.25) is 0 Å². The molecule has 2 aromatic rings. The molecule has 0 saturated carbocycles. The van der Waals surface area contributed by atoms with Crippen LogP contribution in [-0.4, -0.2) is 18.8 Å². The molecule has 1 aromatic heterocycles. The molecule has 0 spiro atoms. The fraction of sp³-hybridized carbons (Fsp3) is 0.312. The summed E-state index contributed by atoms with van der Waals surface area (Å²) < 4.78 is 5.12. The van der Waals surface area contributed by atoms with E-state index in [1.807, 2.05) is 30.5 Å². The molecule has 118 valence electrons. The van der Waals surface area contributed by atoms with Crippen LogP contribution in [-0.2, 0) is 11.2 Å². The van der Waals surface area contributed by atoms with Crippen LogP contribution in [0.25, 0.3) is 0 Å². The van der Waals surface area contributed by atoms with Crippen molar-refractivity contribution in [2.75, 3.05) is 23.9 Å². The molecule has 0 aliphatic rings. The summed E-state index contributed by atoms with van der Waals surface area (Å²) in [5.74, 6) is -0.305. The van der Waals surface area contributed by atoms with Gasteiger partial charge in [0.1, 0.15) is 5.00 Å². The van der Waals surface area contributed by atoms with Gasteiger partial charge < -0.3 is 15.8 Å². The van der Waals surface area contributed by atoms with E-state index in [9.17, 15) is 4.79 Å². The second kappa shape index (κ2) is 7.56. The van der Waals surface area contributed by atoms with Crippen molar-refractivity contribution in [3.8, 4) is 0 Å². The second-order valence-corrected chi connectivity index (χ2v) is 6.62. The lowest BCUT2D eigenvalue weighted by Crippen LogP contribution is -2.06. The van der Waals surface area contributed by atoms with Gasteiger partial charge in [-0.1, -0.05) is 6.92 Å². The molecule has 0 atom stereocenters. The van der Waals surface area contributed by atoms with Gasteiger partial charge >= 0.3 is 5.97 Å². The molecule has 0 aliphatic heterocycles. The number of nitrogens with one attached hydrogen (secondary N) is 1. The lowest BCUT2D eigenvalue weighted by molar-refractivity contribution is 0.0528. The Morgan fingerprint density at radius 2 is 2.14 bits per heavy atom. The van der Waals surface area contributed by atoms with Crippen molar-refractivity contribution in [1.82, 2.24) is 0 Å². The van der Waals surface area contributed by atoms with Crippen LogP contribution in [0.3, 0.4) is 0 Å². The van der Waals surface area contributed by atoms with E-state index < -0.39 is 0 Å². The fourth-order valence-corrected chi connectivity index (χ4v) is 3.42. The zero-order valence-corrected chi connectivity index (χ0v) is 14.6. The van der Waals surface area contributed by atoms with E-state index in [0.717, 1.165) is 26.9 Å². The van der Waals surface area contributed by atoms with Crippen LogP contribution in [0, 0.1) is 0 Å². The van der Waals surface area contributed by atoms with Crippen LogP contribution < -0.4 is 11.1 Å². The summed E-state index contributed by atoms with van der Waals surface area (Å²) in [5.41, 5.74) is 8.11. The Morgan fingerprint density at radius 1 is 1.36 bits per heavy atom. The number of benzene rings is 1. The molecule has 0 bridgehead atoms. The van der Waals surface area contributed by atoms with Crippen molar-refractivity contribution in [2.24, 2.45) is 0 Å². The van der Waals surface area contributed by atoms with Crippen molar-refractivity contribution in [1.29, 1.82) is 0 Å². The lowest BCUT2D eigenvalue weighted by Gasteiger charge is -2.10. The second-order valence-electron chi connectivity index (χ2n) is 4.61. The Morgan fingerprint density at radius 3 is 2.73 bits per heavy atom. The third kappa shape index (κ3) is 3.75. The van der Waals surface area contributed by atoms with E-state index in [-0.39, 0.29) is 5.97 Å². The van der Waals surface area contributed by atoms with E-state index in [1.165, 1.54) is 0 Å². The molecule has 2 rings (SSSR count). The maximum Gasteiger partial charge on any atom is 0.341 e. The molecule has 1 heterocycles. The van der Waals surface area contributed by atoms with Gasteiger partial charge in [-0.05, 0) is 43.9 Å².